The van der Waals surface area contributed by atoms with Crippen molar-refractivity contribution in [2.75, 3.05) is 0 Å². The quantitative estimate of drug-likeness (QED) is 0.723. The Hall–Kier alpha value is -1.32. The van der Waals surface area contributed by atoms with Gasteiger partial charge in [0.1, 0.15) is 5.82 Å². The van der Waals surface area contributed by atoms with E-state index in [2.05, 4.69) is 9.97 Å². The van der Waals surface area contributed by atoms with Crippen LogP contribution in [0.25, 0.3) is 0 Å². The second-order valence-electron chi connectivity index (χ2n) is 3.52. The lowest BCUT2D eigenvalue weighted by molar-refractivity contribution is 0.435. The predicted octanol–water partition coefficient (Wildman–Crippen LogP) is 1.23. The van der Waals surface area contributed by atoms with Crippen molar-refractivity contribution in [1.82, 2.24) is 9.97 Å². The van der Waals surface area contributed by atoms with Crippen molar-refractivity contribution in [3.63, 3.8) is 0 Å². The molecule has 0 saturated heterocycles. The Morgan fingerprint density at radius 1 is 1.46 bits per heavy atom. The highest BCUT2D eigenvalue weighted by Gasteiger charge is 2.13. The Balaban J connectivity index is 3.08. The second-order valence-corrected chi connectivity index (χ2v) is 3.52. The van der Waals surface area contributed by atoms with E-state index < -0.39 is 0 Å². The molecule has 1 rings (SSSR count). The fraction of sp³-hybridized carbons (Fsp3) is 0.556. The molecule has 0 radical (unpaired) electrons. The van der Waals surface area contributed by atoms with Gasteiger partial charge in [-0.15, -0.1) is 0 Å². The van der Waals surface area contributed by atoms with E-state index in [0.717, 1.165) is 6.07 Å². The Kier molecular flexibility index (Phi) is 2.70. The number of nitrogens with zero attached hydrogens (tertiary/aromatic N) is 1. The number of aromatic nitrogens is 2. The second kappa shape index (κ2) is 3.60. The third-order valence-corrected chi connectivity index (χ3v) is 2.18. The molecule has 1 unspecified atom stereocenters. The van der Waals surface area contributed by atoms with Gasteiger partial charge in [-0.05, 0) is 5.92 Å². The summed E-state index contributed by atoms with van der Waals surface area (Å²) in [5.74, 6) is 0.844. The fourth-order valence-electron chi connectivity index (χ4n) is 0.995. The molecule has 1 heterocycles. The minimum Gasteiger partial charge on any atom is -0.493 e. The van der Waals surface area contributed by atoms with Crippen LogP contribution in [0.5, 0.6) is 5.88 Å². The summed E-state index contributed by atoms with van der Waals surface area (Å²) in [6.07, 6.45) is 0. The van der Waals surface area contributed by atoms with Gasteiger partial charge in [0.2, 0.25) is 5.88 Å². The molecule has 0 saturated carbocycles. The molecule has 13 heavy (non-hydrogen) atoms. The maximum Gasteiger partial charge on any atom is 0.254 e. The SMILES string of the molecule is CC(C)C(C)c1nc(O)cc(=O)[nH]1. The van der Waals surface area contributed by atoms with Crippen molar-refractivity contribution in [3.05, 3.63) is 22.2 Å². The molecule has 0 aliphatic rings. The highest BCUT2D eigenvalue weighted by Crippen LogP contribution is 2.19. The minimum atomic E-state index is -0.310. The van der Waals surface area contributed by atoms with Crippen LogP contribution < -0.4 is 5.56 Å². The summed E-state index contributed by atoms with van der Waals surface area (Å²) in [6, 6.07) is 1.07. The van der Waals surface area contributed by atoms with Gasteiger partial charge in [-0.2, -0.15) is 0 Å². The average Bonchev–Trinajstić information content (AvgIpc) is 2.01. The highest BCUT2D eigenvalue weighted by molar-refractivity contribution is 5.09. The number of nitrogens with one attached hydrogen (secondary N) is 1. The topological polar surface area (TPSA) is 66.0 Å². The lowest BCUT2D eigenvalue weighted by Crippen LogP contribution is -2.14. The lowest BCUT2D eigenvalue weighted by Gasteiger charge is -2.13. The molecule has 0 bridgehead atoms. The standard InChI is InChI=1S/C9H14N2O2/c1-5(2)6(3)9-10-7(12)4-8(13)11-9/h4-6H,1-3H3,(H2,10,11,12,13). The molecule has 72 valence electrons. The first kappa shape index (κ1) is 9.77. The summed E-state index contributed by atoms with van der Waals surface area (Å²) < 4.78 is 0. The Labute approximate surface area is 76.7 Å². The number of H-pyrrole nitrogens is 1. The molecule has 0 aromatic carbocycles. The van der Waals surface area contributed by atoms with E-state index in [9.17, 15) is 4.79 Å². The molecule has 0 fully saturated rings. The number of hydrogen-bond acceptors (Lipinski definition) is 3. The molecule has 0 aliphatic carbocycles. The van der Waals surface area contributed by atoms with Gasteiger partial charge >= 0.3 is 0 Å². The molecular formula is C9H14N2O2. The smallest absolute Gasteiger partial charge is 0.254 e. The monoisotopic (exact) mass is 182 g/mol. The van der Waals surface area contributed by atoms with Crippen molar-refractivity contribution >= 4 is 0 Å². The first-order chi connectivity index (χ1) is 6.00. The summed E-state index contributed by atoms with van der Waals surface area (Å²) in [6.45, 7) is 6.03. The summed E-state index contributed by atoms with van der Waals surface area (Å²) >= 11 is 0. The fourth-order valence-corrected chi connectivity index (χ4v) is 0.995. The summed E-state index contributed by atoms with van der Waals surface area (Å²) in [5, 5.41) is 9.09. The van der Waals surface area contributed by atoms with Crippen LogP contribution >= 0.6 is 0 Å². The first-order valence-electron chi connectivity index (χ1n) is 4.31. The first-order valence-corrected chi connectivity index (χ1v) is 4.31. The molecular weight excluding hydrogens is 168 g/mol. The lowest BCUT2D eigenvalue weighted by atomic mass is 9.97. The minimum absolute atomic E-state index is 0.139. The van der Waals surface area contributed by atoms with E-state index in [-0.39, 0.29) is 17.4 Å². The molecule has 1 atom stereocenters. The van der Waals surface area contributed by atoms with E-state index in [4.69, 9.17) is 5.11 Å². The Morgan fingerprint density at radius 2 is 2.08 bits per heavy atom. The molecule has 4 heteroatoms. The van der Waals surface area contributed by atoms with E-state index >= 15 is 0 Å². The maximum absolute atomic E-state index is 11.0. The molecule has 1 aromatic heterocycles. The van der Waals surface area contributed by atoms with Crippen molar-refractivity contribution in [2.24, 2.45) is 5.92 Å². The molecule has 1 aromatic rings. The van der Waals surface area contributed by atoms with Crippen LogP contribution in [-0.4, -0.2) is 15.1 Å². The summed E-state index contributed by atoms with van der Waals surface area (Å²) in [4.78, 5) is 17.4. The molecule has 4 nitrogen and oxygen atoms in total. The number of aromatic amines is 1. The largest absolute Gasteiger partial charge is 0.493 e. The van der Waals surface area contributed by atoms with Crippen LogP contribution in [0.1, 0.15) is 32.5 Å². The third kappa shape index (κ3) is 2.31. The van der Waals surface area contributed by atoms with Crippen molar-refractivity contribution < 1.29 is 5.11 Å². The van der Waals surface area contributed by atoms with E-state index in [0.29, 0.717) is 11.7 Å². The zero-order valence-corrected chi connectivity index (χ0v) is 8.03. The van der Waals surface area contributed by atoms with Gasteiger partial charge in [0, 0.05) is 5.92 Å². The Bertz CT molecular complexity index is 344. The molecule has 2 N–H and O–H groups in total. The molecule has 0 spiro atoms. The van der Waals surface area contributed by atoms with Crippen LogP contribution in [0.2, 0.25) is 0 Å². The van der Waals surface area contributed by atoms with Gasteiger partial charge in [0.15, 0.2) is 0 Å². The van der Waals surface area contributed by atoms with E-state index in [1.54, 1.807) is 0 Å². The molecule has 0 aliphatic heterocycles. The van der Waals surface area contributed by atoms with Crippen molar-refractivity contribution in [1.29, 1.82) is 0 Å². The number of aromatic hydroxyl groups is 1. The van der Waals surface area contributed by atoms with Crippen LogP contribution in [-0.2, 0) is 0 Å². The highest BCUT2D eigenvalue weighted by atomic mass is 16.3. The zero-order chi connectivity index (χ0) is 10.0. The van der Waals surface area contributed by atoms with Gasteiger partial charge in [-0.1, -0.05) is 20.8 Å². The van der Waals surface area contributed by atoms with Gasteiger partial charge in [0.05, 0.1) is 6.07 Å². The van der Waals surface area contributed by atoms with Gasteiger partial charge < -0.3 is 10.1 Å². The Morgan fingerprint density at radius 3 is 2.54 bits per heavy atom. The third-order valence-electron chi connectivity index (χ3n) is 2.18. The number of hydrogen-bond donors (Lipinski definition) is 2. The van der Waals surface area contributed by atoms with Crippen molar-refractivity contribution in [2.45, 2.75) is 26.7 Å². The predicted molar refractivity (Wildman–Crippen MR) is 49.8 cm³/mol. The van der Waals surface area contributed by atoms with Gasteiger partial charge in [-0.25, -0.2) is 4.98 Å². The zero-order valence-electron chi connectivity index (χ0n) is 8.03. The van der Waals surface area contributed by atoms with Crippen molar-refractivity contribution in [3.8, 4) is 5.88 Å². The van der Waals surface area contributed by atoms with Gasteiger partial charge in [-0.3, -0.25) is 4.79 Å². The maximum atomic E-state index is 11.0. The van der Waals surface area contributed by atoms with Crippen LogP contribution in [0, 0.1) is 5.92 Å². The number of rotatable bonds is 2. The van der Waals surface area contributed by atoms with Crippen LogP contribution in [0.15, 0.2) is 10.9 Å². The average molecular weight is 182 g/mol. The van der Waals surface area contributed by atoms with Crippen LogP contribution in [0.3, 0.4) is 0 Å². The van der Waals surface area contributed by atoms with E-state index in [1.165, 1.54) is 0 Å². The summed E-state index contributed by atoms with van der Waals surface area (Å²) in [7, 11) is 0. The normalized spacial score (nSPS) is 13.2. The van der Waals surface area contributed by atoms with Gasteiger partial charge in [0.25, 0.3) is 5.56 Å². The summed E-state index contributed by atoms with van der Waals surface area (Å²) in [5.41, 5.74) is -0.310. The molecule has 0 amide bonds. The van der Waals surface area contributed by atoms with Crippen LogP contribution in [0.4, 0.5) is 0 Å². The van der Waals surface area contributed by atoms with E-state index in [1.807, 2.05) is 20.8 Å².